The van der Waals surface area contributed by atoms with Crippen LogP contribution in [0.3, 0.4) is 0 Å². The van der Waals surface area contributed by atoms with Gasteiger partial charge in [0.2, 0.25) is 0 Å². The molecule has 0 unspecified atom stereocenters. The Hall–Kier alpha value is -2.11. The number of ether oxygens (including phenoxy) is 1. The number of halogens is 1. The van der Waals surface area contributed by atoms with Gasteiger partial charge >= 0.3 is 0 Å². The van der Waals surface area contributed by atoms with Gasteiger partial charge in [-0.3, -0.25) is 4.79 Å². The summed E-state index contributed by atoms with van der Waals surface area (Å²) in [5.74, 6) is 0.427. The third kappa shape index (κ3) is 4.73. The molecule has 0 heterocycles. The van der Waals surface area contributed by atoms with E-state index in [0.29, 0.717) is 22.0 Å². The van der Waals surface area contributed by atoms with Crippen molar-refractivity contribution in [1.29, 1.82) is 0 Å². The van der Waals surface area contributed by atoms with Crippen molar-refractivity contribution < 1.29 is 9.53 Å². The summed E-state index contributed by atoms with van der Waals surface area (Å²) in [5.41, 5.74) is 6.55. The van der Waals surface area contributed by atoms with Gasteiger partial charge in [-0.15, -0.1) is 0 Å². The van der Waals surface area contributed by atoms with Crippen molar-refractivity contribution in [2.45, 2.75) is 0 Å². The highest BCUT2D eigenvalue weighted by atomic mass is 35.5. The second-order valence-electron chi connectivity index (χ2n) is 4.24. The van der Waals surface area contributed by atoms with E-state index in [1.54, 1.807) is 48.5 Å². The molecule has 0 aliphatic heterocycles. The number of carbonyl (C=O) groups is 1. The van der Waals surface area contributed by atoms with Crippen LogP contribution in [-0.2, 0) is 0 Å². The predicted octanol–water partition coefficient (Wildman–Crippen LogP) is 3.26. The van der Waals surface area contributed by atoms with Crippen molar-refractivity contribution in [3.63, 3.8) is 0 Å². The zero-order valence-electron chi connectivity index (χ0n) is 11.0. The van der Waals surface area contributed by atoms with Crippen LogP contribution < -0.4 is 15.8 Å². The maximum atomic E-state index is 12.0. The molecular formula is C15H13ClN2O2S. The van der Waals surface area contributed by atoms with Crippen LogP contribution in [0.4, 0.5) is 5.69 Å². The van der Waals surface area contributed by atoms with E-state index >= 15 is 0 Å². The van der Waals surface area contributed by atoms with E-state index in [1.165, 1.54) is 0 Å². The van der Waals surface area contributed by atoms with Crippen molar-refractivity contribution in [1.82, 2.24) is 0 Å². The van der Waals surface area contributed by atoms with Gasteiger partial charge in [0, 0.05) is 16.3 Å². The molecule has 0 radical (unpaired) electrons. The Bertz CT molecular complexity index is 642. The summed E-state index contributed by atoms with van der Waals surface area (Å²) in [6.45, 7) is 0.186. The molecule has 3 N–H and O–H groups in total. The first-order valence-corrected chi connectivity index (χ1v) is 6.91. The standard InChI is InChI=1S/C15H13ClN2O2S/c16-11-3-1-10(2-4-11)15(19)18-12-5-7-13(8-6-12)20-9-14(17)21/h1-8H,9H2,(H2,17,21)(H,18,19). The zero-order chi connectivity index (χ0) is 15.2. The van der Waals surface area contributed by atoms with Gasteiger partial charge in [-0.25, -0.2) is 0 Å². The van der Waals surface area contributed by atoms with Gasteiger partial charge in [0.15, 0.2) is 0 Å². The fourth-order valence-electron chi connectivity index (χ4n) is 1.59. The van der Waals surface area contributed by atoms with E-state index in [0.717, 1.165) is 0 Å². The van der Waals surface area contributed by atoms with E-state index in [2.05, 4.69) is 5.32 Å². The van der Waals surface area contributed by atoms with Crippen molar-refractivity contribution in [2.75, 3.05) is 11.9 Å². The van der Waals surface area contributed by atoms with Crippen LogP contribution in [0, 0.1) is 0 Å². The fourth-order valence-corrected chi connectivity index (χ4v) is 1.78. The van der Waals surface area contributed by atoms with E-state index in [1.807, 2.05) is 0 Å². The van der Waals surface area contributed by atoms with Crippen molar-refractivity contribution in [2.24, 2.45) is 5.73 Å². The van der Waals surface area contributed by atoms with E-state index in [-0.39, 0.29) is 17.5 Å². The quantitative estimate of drug-likeness (QED) is 0.830. The van der Waals surface area contributed by atoms with Crippen molar-refractivity contribution in [3.05, 3.63) is 59.1 Å². The van der Waals surface area contributed by atoms with Crippen molar-refractivity contribution >= 4 is 40.4 Å². The third-order valence-corrected chi connectivity index (χ3v) is 2.97. The molecule has 6 heteroatoms. The van der Waals surface area contributed by atoms with Crippen LogP contribution in [0.15, 0.2) is 48.5 Å². The molecule has 2 rings (SSSR count). The lowest BCUT2D eigenvalue weighted by molar-refractivity contribution is 0.102. The number of thiocarbonyl (C=S) groups is 1. The van der Waals surface area contributed by atoms with Crippen LogP contribution >= 0.6 is 23.8 Å². The van der Waals surface area contributed by atoms with Gasteiger partial charge in [0.25, 0.3) is 5.91 Å². The third-order valence-electron chi connectivity index (χ3n) is 2.60. The molecule has 0 bridgehead atoms. The molecule has 0 saturated carbocycles. The van der Waals surface area contributed by atoms with Crippen LogP contribution in [-0.4, -0.2) is 17.5 Å². The smallest absolute Gasteiger partial charge is 0.255 e. The number of rotatable bonds is 5. The number of amides is 1. The number of hydrogen-bond acceptors (Lipinski definition) is 3. The van der Waals surface area contributed by atoms with Gasteiger partial charge < -0.3 is 15.8 Å². The number of nitrogens with two attached hydrogens (primary N) is 1. The Balaban J connectivity index is 1.98. The molecular weight excluding hydrogens is 308 g/mol. The summed E-state index contributed by atoms with van der Waals surface area (Å²) in [5, 5.41) is 3.37. The topological polar surface area (TPSA) is 64.3 Å². The van der Waals surface area contributed by atoms with E-state index < -0.39 is 0 Å². The Morgan fingerprint density at radius 2 is 1.76 bits per heavy atom. The number of anilines is 1. The van der Waals surface area contributed by atoms with Gasteiger partial charge in [0.1, 0.15) is 17.3 Å². The molecule has 21 heavy (non-hydrogen) atoms. The van der Waals surface area contributed by atoms with Crippen LogP contribution in [0.1, 0.15) is 10.4 Å². The highest BCUT2D eigenvalue weighted by Crippen LogP contribution is 2.17. The first kappa shape index (κ1) is 15.3. The molecule has 0 aliphatic carbocycles. The summed E-state index contributed by atoms with van der Waals surface area (Å²) >= 11 is 10.5. The van der Waals surface area contributed by atoms with Crippen LogP contribution in [0.25, 0.3) is 0 Å². The first-order valence-electron chi connectivity index (χ1n) is 6.12. The maximum Gasteiger partial charge on any atom is 0.255 e. The van der Waals surface area contributed by atoms with Gasteiger partial charge in [0.05, 0.1) is 0 Å². The normalized spacial score (nSPS) is 9.95. The molecule has 108 valence electrons. The molecule has 1 amide bonds. The summed E-state index contributed by atoms with van der Waals surface area (Å²) in [7, 11) is 0. The lowest BCUT2D eigenvalue weighted by atomic mass is 10.2. The number of nitrogens with one attached hydrogen (secondary N) is 1. The van der Waals surface area contributed by atoms with Crippen LogP contribution in [0.5, 0.6) is 5.75 Å². The molecule has 2 aromatic carbocycles. The average Bonchev–Trinajstić information content (AvgIpc) is 2.47. The van der Waals surface area contributed by atoms with Gasteiger partial charge in [-0.05, 0) is 48.5 Å². The number of benzene rings is 2. The van der Waals surface area contributed by atoms with Gasteiger partial charge in [-0.2, -0.15) is 0 Å². The average molecular weight is 321 g/mol. The van der Waals surface area contributed by atoms with E-state index in [4.69, 9.17) is 34.3 Å². The lowest BCUT2D eigenvalue weighted by Gasteiger charge is -2.08. The molecule has 0 fully saturated rings. The molecule has 0 aromatic heterocycles. The summed E-state index contributed by atoms with van der Waals surface area (Å²) in [4.78, 5) is 12.3. The first-order chi connectivity index (χ1) is 10.0. The summed E-state index contributed by atoms with van der Waals surface area (Å²) in [6, 6.07) is 13.6. The second-order valence-corrected chi connectivity index (χ2v) is 5.20. The number of carbonyl (C=O) groups excluding carboxylic acids is 1. The minimum Gasteiger partial charge on any atom is -0.487 e. The highest BCUT2D eigenvalue weighted by Gasteiger charge is 2.06. The predicted molar refractivity (Wildman–Crippen MR) is 88.1 cm³/mol. The van der Waals surface area contributed by atoms with Gasteiger partial charge in [-0.1, -0.05) is 23.8 Å². The van der Waals surface area contributed by atoms with Crippen LogP contribution in [0.2, 0.25) is 5.02 Å². The van der Waals surface area contributed by atoms with E-state index in [9.17, 15) is 4.79 Å². The lowest BCUT2D eigenvalue weighted by Crippen LogP contribution is -2.17. The molecule has 2 aromatic rings. The van der Waals surface area contributed by atoms with Crippen molar-refractivity contribution in [3.8, 4) is 5.75 Å². The largest absolute Gasteiger partial charge is 0.487 e. The Morgan fingerprint density at radius 3 is 2.33 bits per heavy atom. The summed E-state index contributed by atoms with van der Waals surface area (Å²) < 4.78 is 5.33. The Kier molecular flexibility index (Phi) is 5.14. The molecule has 4 nitrogen and oxygen atoms in total. The fraction of sp³-hybridized carbons (Fsp3) is 0.0667. The summed E-state index contributed by atoms with van der Waals surface area (Å²) in [6.07, 6.45) is 0. The number of hydrogen-bond donors (Lipinski definition) is 2. The molecule has 0 saturated heterocycles. The minimum atomic E-state index is -0.205. The Morgan fingerprint density at radius 1 is 1.14 bits per heavy atom. The SMILES string of the molecule is NC(=S)COc1ccc(NC(=O)c2ccc(Cl)cc2)cc1. The molecule has 0 atom stereocenters. The highest BCUT2D eigenvalue weighted by molar-refractivity contribution is 7.80. The zero-order valence-corrected chi connectivity index (χ0v) is 12.6. The maximum absolute atomic E-state index is 12.0. The molecule has 0 spiro atoms. The minimum absolute atomic E-state index is 0.186. The molecule has 0 aliphatic rings. The monoisotopic (exact) mass is 320 g/mol. The Labute approximate surface area is 132 Å². The second kappa shape index (κ2) is 7.06.